The lowest BCUT2D eigenvalue weighted by Crippen LogP contribution is -2.44. The molecular formula is C12H22N2O2. The third kappa shape index (κ3) is 2.95. The van der Waals surface area contributed by atoms with E-state index < -0.39 is 0 Å². The number of piperidine rings is 1. The summed E-state index contributed by atoms with van der Waals surface area (Å²) >= 11 is 0. The highest BCUT2D eigenvalue weighted by atomic mass is 16.3. The molecule has 1 N–H and O–H groups in total. The predicted molar refractivity (Wildman–Crippen MR) is 62.0 cm³/mol. The van der Waals surface area contributed by atoms with Crippen LogP contribution in [0.15, 0.2) is 0 Å². The van der Waals surface area contributed by atoms with Crippen LogP contribution in [0.3, 0.4) is 0 Å². The fraction of sp³-hybridized carbons (Fsp3) is 0.917. The maximum Gasteiger partial charge on any atom is 0.236 e. The van der Waals surface area contributed by atoms with Crippen molar-refractivity contribution in [2.24, 2.45) is 5.92 Å². The molecule has 4 nitrogen and oxygen atoms in total. The highest BCUT2D eigenvalue weighted by Gasteiger charge is 2.29. The molecule has 92 valence electrons. The molecule has 0 atom stereocenters. The molecule has 2 aliphatic rings. The molecule has 2 fully saturated rings. The zero-order chi connectivity index (χ0) is 11.5. The van der Waals surface area contributed by atoms with E-state index in [0.717, 1.165) is 25.9 Å². The number of aliphatic hydroxyl groups excluding tert-OH is 1. The zero-order valence-corrected chi connectivity index (χ0v) is 10.1. The van der Waals surface area contributed by atoms with Crippen molar-refractivity contribution in [2.75, 3.05) is 33.3 Å². The minimum atomic E-state index is 0.255. The number of amides is 1. The second-order valence-electron chi connectivity index (χ2n) is 5.15. The first kappa shape index (κ1) is 11.9. The van der Waals surface area contributed by atoms with E-state index in [4.69, 9.17) is 5.11 Å². The Kier molecular flexibility index (Phi) is 3.82. The van der Waals surface area contributed by atoms with Gasteiger partial charge in [0.1, 0.15) is 0 Å². The van der Waals surface area contributed by atoms with Gasteiger partial charge in [0.05, 0.1) is 6.54 Å². The van der Waals surface area contributed by atoms with Gasteiger partial charge in [0.15, 0.2) is 0 Å². The zero-order valence-electron chi connectivity index (χ0n) is 10.1. The number of carbonyl (C=O) groups excluding carboxylic acids is 1. The van der Waals surface area contributed by atoms with E-state index in [9.17, 15) is 4.79 Å². The molecule has 0 bridgehead atoms. The van der Waals surface area contributed by atoms with Crippen LogP contribution in [0.2, 0.25) is 0 Å². The van der Waals surface area contributed by atoms with Crippen LogP contribution in [-0.4, -0.2) is 60.1 Å². The first-order valence-electron chi connectivity index (χ1n) is 6.29. The topological polar surface area (TPSA) is 43.8 Å². The number of rotatable bonds is 4. The Bertz CT molecular complexity index is 245. The lowest BCUT2D eigenvalue weighted by molar-refractivity contribution is -0.133. The molecule has 0 aromatic rings. The third-order valence-electron chi connectivity index (χ3n) is 3.78. The smallest absolute Gasteiger partial charge is 0.236 e. The van der Waals surface area contributed by atoms with Crippen molar-refractivity contribution in [1.29, 1.82) is 0 Å². The normalized spacial score (nSPS) is 22.8. The maximum absolute atomic E-state index is 12.0. The van der Waals surface area contributed by atoms with Gasteiger partial charge in [0, 0.05) is 25.7 Å². The molecule has 1 aliphatic carbocycles. The standard InChI is InChI=1S/C12H22N2O2/c1-13(11-2-3-11)8-12(16)14-6-4-10(9-15)5-7-14/h10-11,15H,2-9H2,1H3. The molecule has 0 spiro atoms. The van der Waals surface area contributed by atoms with Gasteiger partial charge in [-0.2, -0.15) is 0 Å². The molecular weight excluding hydrogens is 204 g/mol. The van der Waals surface area contributed by atoms with Gasteiger partial charge in [-0.15, -0.1) is 0 Å². The molecule has 0 aromatic heterocycles. The number of aliphatic hydroxyl groups is 1. The van der Waals surface area contributed by atoms with E-state index in [-0.39, 0.29) is 12.5 Å². The molecule has 0 radical (unpaired) electrons. The lowest BCUT2D eigenvalue weighted by Gasteiger charge is -2.32. The van der Waals surface area contributed by atoms with Crippen LogP contribution in [0, 0.1) is 5.92 Å². The van der Waals surface area contributed by atoms with Crippen LogP contribution in [0.1, 0.15) is 25.7 Å². The Hall–Kier alpha value is -0.610. The van der Waals surface area contributed by atoms with Crippen molar-refractivity contribution >= 4 is 5.91 Å². The molecule has 1 saturated heterocycles. The number of likely N-dealkylation sites (tertiary alicyclic amines) is 1. The van der Waals surface area contributed by atoms with Gasteiger partial charge < -0.3 is 10.0 Å². The van der Waals surface area contributed by atoms with Gasteiger partial charge in [-0.1, -0.05) is 0 Å². The number of carbonyl (C=O) groups is 1. The second-order valence-corrected chi connectivity index (χ2v) is 5.15. The molecule has 4 heteroatoms. The van der Waals surface area contributed by atoms with Crippen LogP contribution in [0.25, 0.3) is 0 Å². The van der Waals surface area contributed by atoms with Gasteiger partial charge in [-0.25, -0.2) is 0 Å². The van der Waals surface area contributed by atoms with Crippen molar-refractivity contribution in [3.63, 3.8) is 0 Å². The van der Waals surface area contributed by atoms with Crippen molar-refractivity contribution < 1.29 is 9.90 Å². The molecule has 16 heavy (non-hydrogen) atoms. The summed E-state index contributed by atoms with van der Waals surface area (Å²) in [4.78, 5) is 16.1. The minimum Gasteiger partial charge on any atom is -0.396 e. The molecule has 1 heterocycles. The fourth-order valence-corrected chi connectivity index (χ4v) is 2.32. The van der Waals surface area contributed by atoms with Crippen molar-refractivity contribution in [1.82, 2.24) is 9.80 Å². The summed E-state index contributed by atoms with van der Waals surface area (Å²) in [5.41, 5.74) is 0. The Balaban J connectivity index is 1.73. The third-order valence-corrected chi connectivity index (χ3v) is 3.78. The number of nitrogens with zero attached hydrogens (tertiary/aromatic N) is 2. The van der Waals surface area contributed by atoms with Gasteiger partial charge in [0.25, 0.3) is 0 Å². The summed E-state index contributed by atoms with van der Waals surface area (Å²) in [7, 11) is 2.04. The SMILES string of the molecule is CN(CC(=O)N1CCC(CO)CC1)C1CC1. The molecule has 1 saturated carbocycles. The summed E-state index contributed by atoms with van der Waals surface area (Å²) < 4.78 is 0. The van der Waals surface area contributed by atoms with Gasteiger partial charge in [-0.05, 0) is 38.6 Å². The van der Waals surface area contributed by atoms with Crippen LogP contribution >= 0.6 is 0 Å². The molecule has 1 amide bonds. The van der Waals surface area contributed by atoms with Gasteiger partial charge >= 0.3 is 0 Å². The van der Waals surface area contributed by atoms with Gasteiger partial charge in [0.2, 0.25) is 5.91 Å². The van der Waals surface area contributed by atoms with Gasteiger partial charge in [-0.3, -0.25) is 9.69 Å². The first-order valence-corrected chi connectivity index (χ1v) is 6.29. The largest absolute Gasteiger partial charge is 0.396 e. The Morgan fingerprint density at radius 1 is 1.31 bits per heavy atom. The average Bonchev–Trinajstić information content (AvgIpc) is 3.13. The summed E-state index contributed by atoms with van der Waals surface area (Å²) in [5.74, 6) is 0.663. The second kappa shape index (κ2) is 5.15. The molecule has 2 rings (SSSR count). The Morgan fingerprint density at radius 2 is 1.94 bits per heavy atom. The van der Waals surface area contributed by atoms with Crippen molar-refractivity contribution in [3.05, 3.63) is 0 Å². The number of likely N-dealkylation sites (N-methyl/N-ethyl adjacent to an activating group) is 1. The Morgan fingerprint density at radius 3 is 2.44 bits per heavy atom. The minimum absolute atomic E-state index is 0.255. The average molecular weight is 226 g/mol. The summed E-state index contributed by atoms with van der Waals surface area (Å²) in [5, 5.41) is 9.03. The number of hydrogen-bond acceptors (Lipinski definition) is 3. The van der Waals surface area contributed by atoms with Crippen LogP contribution < -0.4 is 0 Å². The van der Waals surface area contributed by atoms with E-state index >= 15 is 0 Å². The van der Waals surface area contributed by atoms with Crippen molar-refractivity contribution in [3.8, 4) is 0 Å². The van der Waals surface area contributed by atoms with Crippen LogP contribution in [-0.2, 0) is 4.79 Å². The first-order chi connectivity index (χ1) is 7.70. The Labute approximate surface area is 97.2 Å². The number of hydrogen-bond donors (Lipinski definition) is 1. The monoisotopic (exact) mass is 226 g/mol. The molecule has 0 unspecified atom stereocenters. The highest BCUT2D eigenvalue weighted by Crippen LogP contribution is 2.25. The highest BCUT2D eigenvalue weighted by molar-refractivity contribution is 5.78. The maximum atomic E-state index is 12.0. The van der Waals surface area contributed by atoms with Crippen molar-refractivity contribution in [2.45, 2.75) is 31.7 Å². The lowest BCUT2D eigenvalue weighted by atomic mass is 9.98. The molecule has 0 aromatic carbocycles. The summed E-state index contributed by atoms with van der Waals surface area (Å²) in [6.07, 6.45) is 4.40. The van der Waals surface area contributed by atoms with E-state index in [1.807, 2.05) is 11.9 Å². The summed E-state index contributed by atoms with van der Waals surface area (Å²) in [6, 6.07) is 0.652. The fourth-order valence-electron chi connectivity index (χ4n) is 2.32. The molecule has 1 aliphatic heterocycles. The van der Waals surface area contributed by atoms with E-state index in [1.54, 1.807) is 0 Å². The summed E-state index contributed by atoms with van der Waals surface area (Å²) in [6.45, 7) is 2.48. The van der Waals surface area contributed by atoms with E-state index in [0.29, 0.717) is 18.5 Å². The van der Waals surface area contributed by atoms with Crippen LogP contribution in [0.5, 0.6) is 0 Å². The van der Waals surface area contributed by atoms with E-state index in [1.165, 1.54) is 12.8 Å². The quantitative estimate of drug-likeness (QED) is 0.750. The predicted octanol–water partition coefficient (Wildman–Crippen LogP) is 0.311. The van der Waals surface area contributed by atoms with E-state index in [2.05, 4.69) is 4.90 Å². The van der Waals surface area contributed by atoms with Crippen LogP contribution in [0.4, 0.5) is 0 Å².